The van der Waals surface area contributed by atoms with Crippen molar-refractivity contribution in [3.63, 3.8) is 0 Å². The molecule has 0 saturated carbocycles. The van der Waals surface area contributed by atoms with Crippen LogP contribution >= 0.6 is 11.8 Å². The van der Waals surface area contributed by atoms with E-state index >= 15 is 0 Å². The molecule has 51 heavy (non-hydrogen) atoms. The Kier molecular flexibility index (Phi) is 10.3. The molecule has 0 aliphatic carbocycles. The molecule has 3 fully saturated rings. The molecule has 7 rings (SSSR count). The summed E-state index contributed by atoms with van der Waals surface area (Å²) < 4.78 is 7.05. The third kappa shape index (κ3) is 7.74. The number of carbonyl (C=O) groups is 2. The number of pyridine rings is 1. The van der Waals surface area contributed by atoms with E-state index in [9.17, 15) is 14.4 Å². The second kappa shape index (κ2) is 14.9. The van der Waals surface area contributed by atoms with E-state index in [0.29, 0.717) is 49.7 Å². The first-order valence-electron chi connectivity index (χ1n) is 18.3. The molecule has 3 aliphatic heterocycles. The third-order valence-electron chi connectivity index (χ3n) is 10.8. The van der Waals surface area contributed by atoms with E-state index in [1.807, 2.05) is 15.9 Å². The smallest absolute Gasteiger partial charge is 0.389 e. The molecule has 5 heterocycles. The minimum atomic E-state index is -0.446. The topological polar surface area (TPSA) is 95.1 Å². The van der Waals surface area contributed by atoms with Gasteiger partial charge in [0.2, 0.25) is 17.5 Å². The Morgan fingerprint density at radius 3 is 2.47 bits per heavy atom. The molecule has 270 valence electrons. The number of thioether (sulfide) groups is 1. The lowest BCUT2D eigenvalue weighted by atomic mass is 9.92. The lowest BCUT2D eigenvalue weighted by molar-refractivity contribution is -0.136. The maximum Gasteiger partial charge on any atom is 0.421 e. The predicted molar refractivity (Wildman–Crippen MR) is 203 cm³/mol. The van der Waals surface area contributed by atoms with Gasteiger partial charge in [-0.05, 0) is 54.9 Å². The van der Waals surface area contributed by atoms with E-state index in [-0.39, 0.29) is 35.1 Å². The van der Waals surface area contributed by atoms with Crippen LogP contribution in [0.5, 0.6) is 0 Å². The molecule has 3 atom stereocenters. The summed E-state index contributed by atoms with van der Waals surface area (Å²) >= 11 is 1.63. The van der Waals surface area contributed by atoms with Crippen LogP contribution < -0.4 is 10.7 Å². The van der Waals surface area contributed by atoms with Crippen LogP contribution in [0.2, 0.25) is 0 Å². The maximum atomic E-state index is 14.2. The Bertz CT molecular complexity index is 1900. The first-order chi connectivity index (χ1) is 24.6. The number of piperidine rings is 1. The standard InChI is InChI=1S/C40H50N6O4S/c1-40(2,3)19-24-45-37(48)34(25-35(47)44-22-17-29(18-23-44)46-33-15-10-20-41-36(33)50-39(46)49)51-38(45)31-13-8-9-14-32(31)42(4)30-16-21-43(27-30)26-28-11-6-5-7-12-28/h5-15,20,29-30,34,38H,16-19,21-27H2,1-4H3/t30-,34?,38?/m1/s1. The number of benzene rings is 2. The fourth-order valence-corrected chi connectivity index (χ4v) is 9.36. The number of nitrogens with zero attached hydrogens (tertiary/aromatic N) is 6. The molecule has 0 radical (unpaired) electrons. The second-order valence-corrected chi connectivity index (χ2v) is 16.8. The molecular weight excluding hydrogens is 661 g/mol. The van der Waals surface area contributed by atoms with E-state index in [0.717, 1.165) is 43.7 Å². The molecule has 2 amide bonds. The number of hydrogen-bond donors (Lipinski definition) is 0. The molecule has 2 unspecified atom stereocenters. The highest BCUT2D eigenvalue weighted by molar-refractivity contribution is 8.01. The van der Waals surface area contributed by atoms with Gasteiger partial charge >= 0.3 is 5.76 Å². The monoisotopic (exact) mass is 710 g/mol. The zero-order chi connectivity index (χ0) is 35.7. The number of anilines is 1. The van der Waals surface area contributed by atoms with Crippen LogP contribution in [0.3, 0.4) is 0 Å². The van der Waals surface area contributed by atoms with Crippen molar-refractivity contribution < 1.29 is 14.0 Å². The van der Waals surface area contributed by atoms with Crippen molar-refractivity contribution in [3.05, 3.63) is 94.6 Å². The fraction of sp³-hybridized carbons (Fsp3) is 0.500. The second-order valence-electron chi connectivity index (χ2n) is 15.5. The Balaban J connectivity index is 1.04. The van der Waals surface area contributed by atoms with Gasteiger partial charge in [-0.25, -0.2) is 9.78 Å². The van der Waals surface area contributed by atoms with Gasteiger partial charge in [0.15, 0.2) is 0 Å². The van der Waals surface area contributed by atoms with Gasteiger partial charge in [0.05, 0.1) is 5.25 Å². The van der Waals surface area contributed by atoms with E-state index in [1.165, 1.54) is 5.56 Å². The number of oxazole rings is 1. The number of amides is 2. The van der Waals surface area contributed by atoms with Crippen molar-refractivity contribution in [1.82, 2.24) is 24.3 Å². The van der Waals surface area contributed by atoms with Crippen LogP contribution in [0.25, 0.3) is 11.2 Å². The summed E-state index contributed by atoms with van der Waals surface area (Å²) in [7, 11) is 2.19. The number of likely N-dealkylation sites (tertiary alicyclic amines) is 2. The largest absolute Gasteiger partial charge is 0.421 e. The molecule has 10 nitrogen and oxygen atoms in total. The number of para-hydroxylation sites is 1. The van der Waals surface area contributed by atoms with Crippen LogP contribution in [0.15, 0.2) is 82.1 Å². The highest BCUT2D eigenvalue weighted by Crippen LogP contribution is 2.48. The number of likely N-dealkylation sites (N-methyl/N-ethyl adjacent to an activating group) is 1. The summed E-state index contributed by atoms with van der Waals surface area (Å²) in [6.07, 6.45) is 5.02. The van der Waals surface area contributed by atoms with E-state index in [1.54, 1.807) is 28.6 Å². The first kappa shape index (κ1) is 35.3. The predicted octanol–water partition coefficient (Wildman–Crippen LogP) is 6.33. The summed E-state index contributed by atoms with van der Waals surface area (Å²) in [6.45, 7) is 11.3. The summed E-state index contributed by atoms with van der Waals surface area (Å²) in [5, 5.41) is -0.614. The molecule has 2 aromatic heterocycles. The van der Waals surface area contributed by atoms with E-state index in [4.69, 9.17) is 4.42 Å². The Labute approximate surface area is 304 Å². The quantitative estimate of drug-likeness (QED) is 0.189. The maximum absolute atomic E-state index is 14.2. The highest BCUT2D eigenvalue weighted by Gasteiger charge is 2.44. The van der Waals surface area contributed by atoms with Gasteiger partial charge in [-0.15, -0.1) is 11.8 Å². The summed E-state index contributed by atoms with van der Waals surface area (Å²) in [4.78, 5) is 53.7. The van der Waals surface area contributed by atoms with Crippen LogP contribution in [0.4, 0.5) is 5.69 Å². The molecule has 3 saturated heterocycles. The number of fused-ring (bicyclic) bond motifs is 1. The van der Waals surface area contributed by atoms with Crippen LogP contribution in [-0.4, -0.2) is 87.1 Å². The zero-order valence-corrected chi connectivity index (χ0v) is 31.1. The lowest BCUT2D eigenvalue weighted by Crippen LogP contribution is -2.42. The van der Waals surface area contributed by atoms with Gasteiger partial charge in [0.1, 0.15) is 10.9 Å². The van der Waals surface area contributed by atoms with Crippen LogP contribution in [0.1, 0.15) is 75.4 Å². The molecule has 11 heteroatoms. The molecule has 3 aliphatic rings. The molecular formula is C40H50N6O4S. The minimum absolute atomic E-state index is 0.00310. The van der Waals surface area contributed by atoms with Crippen molar-refractivity contribution in [3.8, 4) is 0 Å². The van der Waals surface area contributed by atoms with Crippen molar-refractivity contribution in [2.24, 2.45) is 5.41 Å². The van der Waals surface area contributed by atoms with Crippen LogP contribution in [-0.2, 0) is 16.1 Å². The summed E-state index contributed by atoms with van der Waals surface area (Å²) in [5.74, 6) is -0.364. The SMILES string of the molecule is CN(c1ccccc1C1SC(CC(=O)N2CCC(n3c(=O)oc4ncccc43)CC2)C(=O)N1CCC(C)(C)C)[C@@H]1CCN(Cc2ccccc2)C1. The number of rotatable bonds is 10. The van der Waals surface area contributed by atoms with Gasteiger partial charge < -0.3 is 19.1 Å². The molecule has 4 aromatic rings. The van der Waals surface area contributed by atoms with Crippen molar-refractivity contribution >= 4 is 40.5 Å². The van der Waals surface area contributed by atoms with Gasteiger partial charge in [-0.3, -0.25) is 19.1 Å². The normalized spacial score (nSPS) is 22.0. The fourth-order valence-electron chi connectivity index (χ4n) is 7.86. The Hall–Kier alpha value is -4.09. The first-order valence-corrected chi connectivity index (χ1v) is 19.3. The van der Waals surface area contributed by atoms with Gasteiger partial charge in [0, 0.05) is 82.3 Å². The van der Waals surface area contributed by atoms with Crippen molar-refractivity contribution in [2.45, 2.75) is 82.1 Å². The van der Waals surface area contributed by atoms with Gasteiger partial charge in [-0.2, -0.15) is 0 Å². The van der Waals surface area contributed by atoms with Crippen LogP contribution in [0, 0.1) is 5.41 Å². The van der Waals surface area contributed by atoms with Crippen molar-refractivity contribution in [1.29, 1.82) is 0 Å². The molecule has 2 aromatic carbocycles. The lowest BCUT2D eigenvalue weighted by Gasteiger charge is -2.33. The molecule has 0 N–H and O–H groups in total. The summed E-state index contributed by atoms with van der Waals surface area (Å²) in [5.41, 5.74) is 4.71. The Morgan fingerprint density at radius 1 is 0.961 bits per heavy atom. The zero-order valence-electron chi connectivity index (χ0n) is 30.2. The third-order valence-corrected chi connectivity index (χ3v) is 12.3. The average Bonchev–Trinajstić information content (AvgIpc) is 3.82. The molecule has 0 spiro atoms. The molecule has 0 bridgehead atoms. The minimum Gasteiger partial charge on any atom is -0.389 e. The highest BCUT2D eigenvalue weighted by atomic mass is 32.2. The summed E-state index contributed by atoms with van der Waals surface area (Å²) in [6, 6.07) is 23.1. The Morgan fingerprint density at radius 2 is 1.71 bits per heavy atom. The number of carbonyl (C=O) groups excluding carboxylic acids is 2. The van der Waals surface area contributed by atoms with E-state index < -0.39 is 11.0 Å². The van der Waals surface area contributed by atoms with E-state index in [2.05, 4.69) is 97.2 Å². The van der Waals surface area contributed by atoms with Crippen molar-refractivity contribution in [2.75, 3.05) is 44.7 Å². The van der Waals surface area contributed by atoms with Gasteiger partial charge in [0.25, 0.3) is 0 Å². The number of hydrogen-bond acceptors (Lipinski definition) is 8. The van der Waals surface area contributed by atoms with Gasteiger partial charge in [-0.1, -0.05) is 69.3 Å². The average molecular weight is 711 g/mol. The number of aromatic nitrogens is 2.